The first-order valence-corrected chi connectivity index (χ1v) is 12.7. The average molecular weight is 528 g/mol. The number of methoxy groups -OCH3 is 2. The molecule has 4 aromatic rings. The Hall–Kier alpha value is -4.23. The summed E-state index contributed by atoms with van der Waals surface area (Å²) in [5.74, 6) is 1.32. The molecule has 12 nitrogen and oxygen atoms in total. The van der Waals surface area contributed by atoms with Crippen LogP contribution in [0.5, 0.6) is 17.4 Å². The van der Waals surface area contributed by atoms with Gasteiger partial charge in [0.25, 0.3) is 0 Å². The van der Waals surface area contributed by atoms with Gasteiger partial charge in [0, 0.05) is 12.6 Å². The van der Waals surface area contributed by atoms with E-state index in [0.29, 0.717) is 28.5 Å². The highest BCUT2D eigenvalue weighted by atomic mass is 32.2. The molecule has 0 amide bonds. The van der Waals surface area contributed by atoms with E-state index in [4.69, 9.17) is 18.9 Å². The first-order valence-electron chi connectivity index (χ1n) is 11.2. The highest BCUT2D eigenvalue weighted by Crippen LogP contribution is 2.32. The lowest BCUT2D eigenvalue weighted by Gasteiger charge is -2.10. The van der Waals surface area contributed by atoms with E-state index in [-0.39, 0.29) is 36.1 Å². The molecule has 0 aliphatic heterocycles. The van der Waals surface area contributed by atoms with E-state index in [0.717, 1.165) is 0 Å². The zero-order valence-electron chi connectivity index (χ0n) is 20.4. The van der Waals surface area contributed by atoms with Crippen LogP contribution in [0.25, 0.3) is 17.0 Å². The lowest BCUT2D eigenvalue weighted by atomic mass is 10.2. The SMILES string of the molecule is CCOC(=O)c1ccc(S(=O)(=O)NCCOc2ccc3nnc(-c4cc(OC)ccc4OC)n3n2)cc1. The fourth-order valence-corrected chi connectivity index (χ4v) is 4.42. The predicted molar refractivity (Wildman–Crippen MR) is 132 cm³/mol. The summed E-state index contributed by atoms with van der Waals surface area (Å²) in [6.45, 7) is 1.93. The Kier molecular flexibility index (Phi) is 7.84. The Morgan fingerprint density at radius 1 is 1.00 bits per heavy atom. The molecular weight excluding hydrogens is 502 g/mol. The number of esters is 1. The van der Waals surface area contributed by atoms with Crippen molar-refractivity contribution in [1.29, 1.82) is 0 Å². The second kappa shape index (κ2) is 11.2. The van der Waals surface area contributed by atoms with Crippen LogP contribution in [0.3, 0.4) is 0 Å². The van der Waals surface area contributed by atoms with Crippen LogP contribution in [0.1, 0.15) is 17.3 Å². The Morgan fingerprint density at radius 2 is 1.78 bits per heavy atom. The quantitative estimate of drug-likeness (QED) is 0.228. The molecule has 4 rings (SSSR count). The first kappa shape index (κ1) is 25.9. The Balaban J connectivity index is 1.43. The molecule has 194 valence electrons. The molecule has 0 aliphatic carbocycles. The number of ether oxygens (including phenoxy) is 4. The van der Waals surface area contributed by atoms with Gasteiger partial charge in [0.2, 0.25) is 15.9 Å². The van der Waals surface area contributed by atoms with Crippen molar-refractivity contribution in [3.63, 3.8) is 0 Å². The van der Waals surface area contributed by atoms with Crippen molar-refractivity contribution >= 4 is 21.6 Å². The van der Waals surface area contributed by atoms with Gasteiger partial charge in [-0.15, -0.1) is 15.3 Å². The number of aromatic nitrogens is 4. The molecule has 2 aromatic carbocycles. The summed E-state index contributed by atoms with van der Waals surface area (Å²) in [5, 5.41) is 12.8. The van der Waals surface area contributed by atoms with Crippen molar-refractivity contribution < 1.29 is 32.2 Å². The number of nitrogens with zero attached hydrogens (tertiary/aromatic N) is 4. The Morgan fingerprint density at radius 3 is 2.49 bits per heavy atom. The minimum Gasteiger partial charge on any atom is -0.497 e. The van der Waals surface area contributed by atoms with Gasteiger partial charge >= 0.3 is 5.97 Å². The van der Waals surface area contributed by atoms with Crippen LogP contribution in [0, 0.1) is 0 Å². The summed E-state index contributed by atoms with van der Waals surface area (Å²) in [6.07, 6.45) is 0. The second-order valence-corrected chi connectivity index (χ2v) is 9.29. The van der Waals surface area contributed by atoms with E-state index in [9.17, 15) is 13.2 Å². The van der Waals surface area contributed by atoms with Crippen LogP contribution in [-0.4, -0.2) is 68.2 Å². The first-order chi connectivity index (χ1) is 17.9. The van der Waals surface area contributed by atoms with Crippen molar-refractivity contribution in [2.45, 2.75) is 11.8 Å². The molecule has 1 N–H and O–H groups in total. The van der Waals surface area contributed by atoms with Gasteiger partial charge in [0.15, 0.2) is 11.5 Å². The maximum Gasteiger partial charge on any atom is 0.338 e. The number of hydrogen-bond acceptors (Lipinski definition) is 10. The predicted octanol–water partition coefficient (Wildman–Crippen LogP) is 2.34. The minimum absolute atomic E-state index is 0.0125. The van der Waals surface area contributed by atoms with Crippen LogP contribution in [0.4, 0.5) is 0 Å². The average Bonchev–Trinajstić information content (AvgIpc) is 3.34. The normalized spacial score (nSPS) is 11.3. The smallest absolute Gasteiger partial charge is 0.338 e. The molecule has 0 radical (unpaired) electrons. The van der Waals surface area contributed by atoms with E-state index < -0.39 is 16.0 Å². The zero-order chi connectivity index (χ0) is 26.4. The lowest BCUT2D eigenvalue weighted by Crippen LogP contribution is -2.28. The summed E-state index contributed by atoms with van der Waals surface area (Å²) in [6, 6.07) is 14.1. The third-order valence-corrected chi connectivity index (χ3v) is 6.68. The number of hydrogen-bond donors (Lipinski definition) is 1. The van der Waals surface area contributed by atoms with E-state index in [2.05, 4.69) is 20.0 Å². The molecule has 0 fully saturated rings. The number of sulfonamides is 1. The largest absolute Gasteiger partial charge is 0.497 e. The lowest BCUT2D eigenvalue weighted by molar-refractivity contribution is 0.0526. The van der Waals surface area contributed by atoms with E-state index in [1.165, 1.54) is 28.8 Å². The van der Waals surface area contributed by atoms with Crippen molar-refractivity contribution in [3.8, 4) is 28.8 Å². The second-order valence-electron chi connectivity index (χ2n) is 7.52. The topological polar surface area (TPSA) is 143 Å². The van der Waals surface area contributed by atoms with Gasteiger partial charge in [0.1, 0.15) is 18.1 Å². The molecule has 13 heteroatoms. The fraction of sp³-hybridized carbons (Fsp3) is 0.250. The molecule has 2 aromatic heterocycles. The number of fused-ring (bicyclic) bond motifs is 1. The van der Waals surface area contributed by atoms with Crippen molar-refractivity contribution in [2.24, 2.45) is 0 Å². The van der Waals surface area contributed by atoms with E-state index in [1.807, 2.05) is 0 Å². The molecule has 37 heavy (non-hydrogen) atoms. The maximum atomic E-state index is 12.6. The number of rotatable bonds is 11. The summed E-state index contributed by atoms with van der Waals surface area (Å²) < 4.78 is 50.4. The van der Waals surface area contributed by atoms with Gasteiger partial charge < -0.3 is 18.9 Å². The molecule has 0 saturated carbocycles. The molecule has 0 bridgehead atoms. The molecule has 0 unspecified atom stereocenters. The van der Waals surface area contributed by atoms with Crippen molar-refractivity contribution in [2.75, 3.05) is 34.0 Å². The Labute approximate surface area is 213 Å². The number of benzene rings is 2. The Bertz CT molecular complexity index is 1500. The van der Waals surface area contributed by atoms with Crippen LogP contribution in [-0.2, 0) is 14.8 Å². The summed E-state index contributed by atoms with van der Waals surface area (Å²) in [4.78, 5) is 11.8. The summed E-state index contributed by atoms with van der Waals surface area (Å²) >= 11 is 0. The van der Waals surface area contributed by atoms with Gasteiger partial charge in [-0.2, -0.15) is 4.52 Å². The standard InChI is InChI=1S/C24H25N5O7S/c1-4-35-24(30)16-5-8-18(9-6-16)37(31,32)25-13-14-36-22-12-11-21-26-27-23(29(21)28-22)19-15-17(33-2)7-10-20(19)34-3/h5-12,15,25H,4,13-14H2,1-3H3. The number of carbonyl (C=O) groups is 1. The number of carbonyl (C=O) groups excluding carboxylic acids is 1. The van der Waals surface area contributed by atoms with Crippen LogP contribution >= 0.6 is 0 Å². The third kappa shape index (κ3) is 5.78. The van der Waals surface area contributed by atoms with Gasteiger partial charge in [-0.25, -0.2) is 17.9 Å². The highest BCUT2D eigenvalue weighted by molar-refractivity contribution is 7.89. The van der Waals surface area contributed by atoms with Gasteiger partial charge in [-0.1, -0.05) is 0 Å². The fourth-order valence-electron chi connectivity index (χ4n) is 3.41. The van der Waals surface area contributed by atoms with Gasteiger partial charge in [0.05, 0.1) is 36.8 Å². The number of nitrogens with one attached hydrogen (secondary N) is 1. The van der Waals surface area contributed by atoms with Gasteiger partial charge in [-0.05, 0) is 55.5 Å². The minimum atomic E-state index is -3.81. The summed E-state index contributed by atoms with van der Waals surface area (Å²) in [7, 11) is -0.698. The molecule has 0 atom stereocenters. The molecule has 0 spiro atoms. The molecular formula is C24H25N5O7S. The van der Waals surface area contributed by atoms with Gasteiger partial charge in [-0.3, -0.25) is 0 Å². The van der Waals surface area contributed by atoms with Crippen molar-refractivity contribution in [1.82, 2.24) is 24.5 Å². The van der Waals surface area contributed by atoms with Crippen LogP contribution in [0.15, 0.2) is 59.5 Å². The van der Waals surface area contributed by atoms with E-state index >= 15 is 0 Å². The zero-order valence-corrected chi connectivity index (χ0v) is 21.2. The molecule has 0 aliphatic rings. The molecule has 2 heterocycles. The van der Waals surface area contributed by atoms with Crippen LogP contribution < -0.4 is 18.9 Å². The summed E-state index contributed by atoms with van der Waals surface area (Å²) in [5.41, 5.74) is 1.38. The maximum absolute atomic E-state index is 12.6. The molecule has 0 saturated heterocycles. The monoisotopic (exact) mass is 527 g/mol. The van der Waals surface area contributed by atoms with E-state index in [1.54, 1.807) is 51.5 Å². The van der Waals surface area contributed by atoms with Crippen LogP contribution in [0.2, 0.25) is 0 Å². The highest BCUT2D eigenvalue weighted by Gasteiger charge is 2.17. The third-order valence-electron chi connectivity index (χ3n) is 5.21. The van der Waals surface area contributed by atoms with Crippen molar-refractivity contribution in [3.05, 3.63) is 60.2 Å².